The van der Waals surface area contributed by atoms with E-state index in [1.165, 1.54) is 51.2 Å². The molecule has 0 bridgehead atoms. The highest BCUT2D eigenvalue weighted by molar-refractivity contribution is 8.68. The van der Waals surface area contributed by atoms with Gasteiger partial charge in [-0.25, -0.2) is 0 Å². The maximum Gasteiger partial charge on any atom is 0.324 e. The molecule has 38 heavy (non-hydrogen) atoms. The molecular formula is C24H34O8P2S4. The van der Waals surface area contributed by atoms with Gasteiger partial charge in [-0.15, -0.1) is 0 Å². The van der Waals surface area contributed by atoms with E-state index in [1.807, 2.05) is 60.7 Å². The normalized spacial score (nSPS) is 13.0. The van der Waals surface area contributed by atoms with Gasteiger partial charge in [-0.1, -0.05) is 83.4 Å². The summed E-state index contributed by atoms with van der Waals surface area (Å²) < 4.78 is 31.1. The molecule has 2 rings (SSSR count). The van der Waals surface area contributed by atoms with Crippen molar-refractivity contribution >= 4 is 69.7 Å². The van der Waals surface area contributed by atoms with Gasteiger partial charge in [0, 0.05) is 28.4 Å². The lowest BCUT2D eigenvalue weighted by Gasteiger charge is -2.22. The maximum absolute atomic E-state index is 12.1. The zero-order valence-corrected chi connectivity index (χ0v) is 27.2. The van der Waals surface area contributed by atoms with Gasteiger partial charge < -0.3 is 27.6 Å². The number of carbonyl (C=O) groups excluding carboxylic acids is 2. The van der Waals surface area contributed by atoms with Crippen LogP contribution in [0.4, 0.5) is 0 Å². The molecule has 2 unspecified atom stereocenters. The van der Waals surface area contributed by atoms with Crippen LogP contribution in [-0.4, -0.2) is 53.6 Å². The zero-order chi connectivity index (χ0) is 28.6. The summed E-state index contributed by atoms with van der Waals surface area (Å²) in [4.78, 5) is 24.1. The third-order valence-corrected chi connectivity index (χ3v) is 16.2. The molecule has 0 N–H and O–H groups in total. The Bertz CT molecular complexity index is 974. The monoisotopic (exact) mass is 640 g/mol. The van der Waals surface area contributed by atoms with Crippen molar-refractivity contribution in [1.82, 2.24) is 0 Å². The Labute approximate surface area is 243 Å². The van der Waals surface area contributed by atoms with Crippen LogP contribution >= 0.6 is 34.2 Å². The minimum Gasteiger partial charge on any atom is -0.465 e. The smallest absolute Gasteiger partial charge is 0.324 e. The number of esters is 2. The fourth-order valence-corrected chi connectivity index (χ4v) is 10.2. The molecule has 0 radical (unpaired) electrons. The van der Waals surface area contributed by atoms with Gasteiger partial charge in [-0.2, -0.15) is 0 Å². The number of rotatable bonds is 14. The van der Waals surface area contributed by atoms with Crippen molar-refractivity contribution in [2.45, 2.75) is 24.3 Å². The largest absolute Gasteiger partial charge is 0.465 e. The Kier molecular flexibility index (Phi) is 17.2. The van der Waals surface area contributed by atoms with Crippen LogP contribution in [0, 0.1) is 0 Å². The molecule has 212 valence electrons. The quantitative estimate of drug-likeness (QED) is 0.156. The van der Waals surface area contributed by atoms with E-state index in [1.54, 1.807) is 13.8 Å². The molecule has 0 aliphatic heterocycles. The van der Waals surface area contributed by atoms with Crippen molar-refractivity contribution in [1.29, 1.82) is 0 Å². The van der Waals surface area contributed by atoms with Crippen LogP contribution in [0.25, 0.3) is 0 Å². The van der Waals surface area contributed by atoms with Crippen LogP contribution in [0.2, 0.25) is 0 Å². The van der Waals surface area contributed by atoms with Crippen molar-refractivity contribution in [2.24, 2.45) is 0 Å². The number of hydrogen-bond donors (Lipinski definition) is 0. The van der Waals surface area contributed by atoms with Gasteiger partial charge in [0.15, 0.2) is 0 Å². The Hall–Kier alpha value is -0.780. The van der Waals surface area contributed by atoms with Crippen LogP contribution in [0.3, 0.4) is 0 Å². The molecule has 0 aliphatic carbocycles. The average Bonchev–Trinajstić information content (AvgIpc) is 2.96. The Balaban J connectivity index is 0.000000380. The number of hydrogen-bond acceptors (Lipinski definition) is 12. The topological polar surface area (TPSA) is 89.5 Å². The first-order valence-electron chi connectivity index (χ1n) is 11.3. The van der Waals surface area contributed by atoms with Crippen LogP contribution in [0.1, 0.15) is 35.5 Å². The maximum atomic E-state index is 12.1. The summed E-state index contributed by atoms with van der Waals surface area (Å²) >= 11 is 13.0. The van der Waals surface area contributed by atoms with Gasteiger partial charge in [0.1, 0.15) is 10.5 Å². The summed E-state index contributed by atoms with van der Waals surface area (Å²) in [5, 5.41) is -1.07. The minimum absolute atomic E-state index is 0.325. The molecule has 0 heterocycles. The molecule has 2 aromatic rings. The minimum atomic E-state index is -2.53. The van der Waals surface area contributed by atoms with Crippen molar-refractivity contribution in [2.75, 3.05) is 41.7 Å². The predicted molar refractivity (Wildman–Crippen MR) is 163 cm³/mol. The van der Waals surface area contributed by atoms with Crippen LogP contribution in [0.15, 0.2) is 60.7 Å². The Morgan fingerprint density at radius 1 is 0.658 bits per heavy atom. The molecule has 0 saturated carbocycles. The SMILES string of the molecule is CCOC(=O)C(SP(=S)(OC)OC)c1ccccc1.CCOC(=O)C(SP(=S)(OC)OC)c1ccccc1. The van der Waals surface area contributed by atoms with E-state index in [9.17, 15) is 9.59 Å². The Morgan fingerprint density at radius 3 is 1.18 bits per heavy atom. The van der Waals surface area contributed by atoms with Gasteiger partial charge in [0.2, 0.25) is 11.4 Å². The van der Waals surface area contributed by atoms with Crippen LogP contribution in [-0.2, 0) is 60.8 Å². The molecule has 0 amide bonds. The van der Waals surface area contributed by atoms with Gasteiger partial charge in [0.25, 0.3) is 0 Å². The number of benzene rings is 2. The molecule has 0 fully saturated rings. The first kappa shape index (κ1) is 35.2. The molecule has 0 saturated heterocycles. The van der Waals surface area contributed by atoms with Crippen molar-refractivity contribution in [3.8, 4) is 0 Å². The fourth-order valence-electron chi connectivity index (χ4n) is 2.75. The van der Waals surface area contributed by atoms with Crippen molar-refractivity contribution < 1.29 is 37.2 Å². The zero-order valence-electron chi connectivity index (χ0n) is 22.1. The number of ether oxygens (including phenoxy) is 2. The van der Waals surface area contributed by atoms with E-state index in [2.05, 4.69) is 0 Å². The van der Waals surface area contributed by atoms with Crippen LogP contribution in [0.5, 0.6) is 0 Å². The second-order valence-corrected chi connectivity index (χ2v) is 20.0. The van der Waals surface area contributed by atoms with E-state index < -0.39 is 21.9 Å². The van der Waals surface area contributed by atoms with E-state index in [4.69, 9.17) is 51.2 Å². The standard InChI is InChI=1S/2C12H17O4PS2/c2*1-4-16-12(13)11(10-8-6-5-7-9-10)19-17(18,14-2)15-3/h2*5-9,11H,4H2,1-3H3. The second-order valence-electron chi connectivity index (χ2n) is 6.92. The second kappa shape index (κ2) is 18.5. The molecular weight excluding hydrogens is 606 g/mol. The van der Waals surface area contributed by atoms with E-state index in [0.29, 0.717) is 13.2 Å². The van der Waals surface area contributed by atoms with Gasteiger partial charge in [0.05, 0.1) is 13.2 Å². The summed E-state index contributed by atoms with van der Waals surface area (Å²) in [7, 11) is 5.96. The molecule has 2 atom stereocenters. The Morgan fingerprint density at radius 2 is 0.947 bits per heavy atom. The first-order chi connectivity index (χ1) is 18.1. The van der Waals surface area contributed by atoms with Crippen molar-refractivity contribution in [3.05, 3.63) is 71.8 Å². The molecule has 2 aromatic carbocycles. The third-order valence-electron chi connectivity index (χ3n) is 4.57. The summed E-state index contributed by atoms with van der Waals surface area (Å²) in [6.45, 7) is 4.19. The van der Waals surface area contributed by atoms with Gasteiger partial charge >= 0.3 is 11.9 Å². The fraction of sp³-hybridized carbons (Fsp3) is 0.417. The molecule has 8 nitrogen and oxygen atoms in total. The lowest BCUT2D eigenvalue weighted by Crippen LogP contribution is -2.13. The van der Waals surface area contributed by atoms with E-state index in [-0.39, 0.29) is 11.9 Å². The third kappa shape index (κ3) is 11.8. The highest BCUT2D eigenvalue weighted by Crippen LogP contribution is 2.65. The molecule has 14 heteroatoms. The lowest BCUT2D eigenvalue weighted by molar-refractivity contribution is -0.143. The lowest BCUT2D eigenvalue weighted by atomic mass is 10.1. The summed E-state index contributed by atoms with van der Waals surface area (Å²) in [5.74, 6) is -0.663. The van der Waals surface area contributed by atoms with Crippen molar-refractivity contribution in [3.63, 3.8) is 0 Å². The van der Waals surface area contributed by atoms with E-state index >= 15 is 0 Å². The molecule has 0 aromatic heterocycles. The highest BCUT2D eigenvalue weighted by Gasteiger charge is 2.32. The predicted octanol–water partition coefficient (Wildman–Crippen LogP) is 7.08. The summed E-state index contributed by atoms with van der Waals surface area (Å²) in [6, 6.07) is 18.7. The average molecular weight is 641 g/mol. The van der Waals surface area contributed by atoms with Gasteiger partial charge in [-0.05, 0) is 48.6 Å². The number of carbonyl (C=O) groups is 2. The van der Waals surface area contributed by atoms with Crippen LogP contribution < -0.4 is 0 Å². The molecule has 0 aliphatic rings. The summed E-state index contributed by atoms with van der Waals surface area (Å²) in [5.41, 5.74) is -3.41. The van der Waals surface area contributed by atoms with Gasteiger partial charge in [-0.3, -0.25) is 9.59 Å². The highest BCUT2D eigenvalue weighted by atomic mass is 32.9. The summed E-state index contributed by atoms with van der Waals surface area (Å²) in [6.07, 6.45) is 0. The van der Waals surface area contributed by atoms with E-state index in [0.717, 1.165) is 11.1 Å². The molecule has 0 spiro atoms. The first-order valence-corrected chi connectivity index (χ1v) is 19.6.